The fourth-order valence-corrected chi connectivity index (χ4v) is 2.95. The van der Waals surface area contributed by atoms with E-state index in [0.29, 0.717) is 5.92 Å². The molecule has 21 heavy (non-hydrogen) atoms. The molecule has 2 rings (SSSR count). The van der Waals surface area contributed by atoms with Crippen LogP contribution in [-0.4, -0.2) is 20.8 Å². The van der Waals surface area contributed by atoms with Crippen molar-refractivity contribution in [1.29, 1.82) is 0 Å². The van der Waals surface area contributed by atoms with Crippen molar-refractivity contribution in [3.63, 3.8) is 0 Å². The van der Waals surface area contributed by atoms with Crippen molar-refractivity contribution in [3.8, 4) is 0 Å². The lowest BCUT2D eigenvalue weighted by molar-refractivity contribution is 0.108. The van der Waals surface area contributed by atoms with Gasteiger partial charge in [-0.05, 0) is 17.9 Å². The second-order valence-corrected chi connectivity index (χ2v) is 5.88. The third kappa shape index (κ3) is 3.94. The number of rotatable bonds is 7. The zero-order valence-electron chi connectivity index (χ0n) is 13.2. The van der Waals surface area contributed by atoms with E-state index < -0.39 is 0 Å². The fourth-order valence-electron chi connectivity index (χ4n) is 2.95. The Kier molecular flexibility index (Phi) is 5.57. The Balaban J connectivity index is 2.08. The van der Waals surface area contributed by atoms with Gasteiger partial charge in [0.05, 0.1) is 6.10 Å². The third-order valence-electron chi connectivity index (χ3n) is 4.44. The van der Waals surface area contributed by atoms with E-state index in [1.54, 1.807) is 0 Å². The maximum atomic E-state index is 10.7. The van der Waals surface area contributed by atoms with Gasteiger partial charge in [0.2, 0.25) is 0 Å². The number of aromatic nitrogens is 2. The topological polar surface area (TPSA) is 38.1 Å². The molecule has 3 atom stereocenters. The molecule has 0 bridgehead atoms. The van der Waals surface area contributed by atoms with Gasteiger partial charge in [-0.2, -0.15) is 0 Å². The first-order chi connectivity index (χ1) is 10.1. The number of imidazole rings is 1. The molecule has 3 unspecified atom stereocenters. The van der Waals surface area contributed by atoms with E-state index >= 15 is 0 Å². The Morgan fingerprint density at radius 2 is 1.95 bits per heavy atom. The van der Waals surface area contributed by atoms with E-state index in [2.05, 4.69) is 43.1 Å². The van der Waals surface area contributed by atoms with E-state index in [0.717, 1.165) is 25.1 Å². The van der Waals surface area contributed by atoms with Gasteiger partial charge in [-0.25, -0.2) is 4.98 Å². The summed E-state index contributed by atoms with van der Waals surface area (Å²) in [5, 5.41) is 10.7. The number of nitrogens with zero attached hydrogens (tertiary/aromatic N) is 2. The van der Waals surface area contributed by atoms with Gasteiger partial charge in [-0.15, -0.1) is 0 Å². The van der Waals surface area contributed by atoms with Gasteiger partial charge >= 0.3 is 0 Å². The molecule has 0 aliphatic rings. The molecule has 1 aromatic carbocycles. The van der Waals surface area contributed by atoms with Crippen LogP contribution in [0.1, 0.15) is 44.0 Å². The highest BCUT2D eigenvalue weighted by Gasteiger charge is 2.26. The van der Waals surface area contributed by atoms with Crippen LogP contribution in [0.15, 0.2) is 42.7 Å². The van der Waals surface area contributed by atoms with Crippen molar-refractivity contribution < 1.29 is 5.11 Å². The van der Waals surface area contributed by atoms with Crippen LogP contribution in [0.2, 0.25) is 0 Å². The molecule has 0 saturated heterocycles. The normalized spacial score (nSPS) is 15.6. The van der Waals surface area contributed by atoms with Crippen molar-refractivity contribution in [3.05, 3.63) is 54.1 Å². The van der Waals surface area contributed by atoms with Crippen LogP contribution >= 0.6 is 0 Å². The van der Waals surface area contributed by atoms with Gasteiger partial charge in [0.15, 0.2) is 0 Å². The molecule has 1 N–H and O–H groups in total. The number of hydrogen-bond acceptors (Lipinski definition) is 2. The molecule has 0 aliphatic carbocycles. The number of benzene rings is 1. The highest BCUT2D eigenvalue weighted by molar-refractivity contribution is 5.21. The fraction of sp³-hybridized carbons (Fsp3) is 0.500. The Morgan fingerprint density at radius 1 is 1.24 bits per heavy atom. The maximum absolute atomic E-state index is 10.7. The molecule has 0 saturated carbocycles. The van der Waals surface area contributed by atoms with E-state index in [9.17, 15) is 5.11 Å². The standard InChI is InChI=1S/C18H26N2O/c1-4-14(2)18(15-8-6-5-7-9-15)16(21)10-11-17-19-12-13-20(17)3/h5-9,12-14,16,18,21H,4,10-11H2,1-3H3. The molecule has 1 heterocycles. The summed E-state index contributed by atoms with van der Waals surface area (Å²) in [7, 11) is 2.00. The Hall–Kier alpha value is -1.61. The quantitative estimate of drug-likeness (QED) is 0.845. The predicted octanol–water partition coefficient (Wildman–Crippen LogP) is 3.54. The first kappa shape index (κ1) is 15.8. The summed E-state index contributed by atoms with van der Waals surface area (Å²) in [5.74, 6) is 1.69. The number of hydrogen-bond donors (Lipinski definition) is 1. The number of aliphatic hydroxyl groups excluding tert-OH is 1. The van der Waals surface area contributed by atoms with Gasteiger partial charge < -0.3 is 9.67 Å². The van der Waals surface area contributed by atoms with Crippen molar-refractivity contribution in [2.75, 3.05) is 0 Å². The molecule has 3 nitrogen and oxygen atoms in total. The predicted molar refractivity (Wildman–Crippen MR) is 86.2 cm³/mol. The lowest BCUT2D eigenvalue weighted by Gasteiger charge is -2.28. The van der Waals surface area contributed by atoms with Crippen LogP contribution in [-0.2, 0) is 13.5 Å². The minimum atomic E-state index is -0.334. The third-order valence-corrected chi connectivity index (χ3v) is 4.44. The highest BCUT2D eigenvalue weighted by atomic mass is 16.3. The molecule has 0 fully saturated rings. The van der Waals surface area contributed by atoms with Crippen molar-refractivity contribution in [2.24, 2.45) is 13.0 Å². The minimum absolute atomic E-state index is 0.191. The average molecular weight is 286 g/mol. The van der Waals surface area contributed by atoms with Gasteiger partial charge in [0.1, 0.15) is 5.82 Å². The van der Waals surface area contributed by atoms with E-state index in [1.807, 2.05) is 30.1 Å². The molecule has 0 radical (unpaired) electrons. The first-order valence-corrected chi connectivity index (χ1v) is 7.82. The smallest absolute Gasteiger partial charge is 0.108 e. The largest absolute Gasteiger partial charge is 0.392 e. The van der Waals surface area contributed by atoms with Crippen molar-refractivity contribution in [1.82, 2.24) is 9.55 Å². The summed E-state index contributed by atoms with van der Waals surface area (Å²) >= 11 is 0. The zero-order chi connectivity index (χ0) is 15.2. The van der Waals surface area contributed by atoms with Crippen LogP contribution in [0.5, 0.6) is 0 Å². The number of aryl methyl sites for hydroxylation is 2. The van der Waals surface area contributed by atoms with Crippen LogP contribution in [0.25, 0.3) is 0 Å². The number of aliphatic hydroxyl groups is 1. The molecule has 1 aromatic heterocycles. The summed E-state index contributed by atoms with van der Waals surface area (Å²) < 4.78 is 2.02. The molecule has 3 heteroatoms. The van der Waals surface area contributed by atoms with E-state index in [-0.39, 0.29) is 12.0 Å². The average Bonchev–Trinajstić information content (AvgIpc) is 2.91. The SMILES string of the molecule is CCC(C)C(c1ccccc1)C(O)CCc1nccn1C. The summed E-state index contributed by atoms with van der Waals surface area (Å²) in [6, 6.07) is 10.4. The van der Waals surface area contributed by atoms with Gasteiger partial charge in [0.25, 0.3) is 0 Å². The maximum Gasteiger partial charge on any atom is 0.108 e. The molecule has 114 valence electrons. The first-order valence-electron chi connectivity index (χ1n) is 7.82. The zero-order valence-corrected chi connectivity index (χ0v) is 13.2. The van der Waals surface area contributed by atoms with Gasteiger partial charge in [0, 0.05) is 31.8 Å². The molecular formula is C18H26N2O. The monoisotopic (exact) mass is 286 g/mol. The van der Waals surface area contributed by atoms with Gasteiger partial charge in [-0.3, -0.25) is 0 Å². The summed E-state index contributed by atoms with van der Waals surface area (Å²) in [6.07, 6.45) is 6.05. The van der Waals surface area contributed by atoms with Crippen LogP contribution < -0.4 is 0 Å². The summed E-state index contributed by atoms with van der Waals surface area (Å²) in [6.45, 7) is 4.41. The van der Waals surface area contributed by atoms with E-state index in [1.165, 1.54) is 5.56 Å². The minimum Gasteiger partial charge on any atom is -0.392 e. The van der Waals surface area contributed by atoms with E-state index in [4.69, 9.17) is 0 Å². The Morgan fingerprint density at radius 3 is 2.52 bits per heavy atom. The Labute approximate surface area is 127 Å². The van der Waals surface area contributed by atoms with Crippen molar-refractivity contribution in [2.45, 2.75) is 45.1 Å². The molecule has 0 aliphatic heterocycles. The van der Waals surface area contributed by atoms with Gasteiger partial charge in [-0.1, -0.05) is 50.6 Å². The van der Waals surface area contributed by atoms with Crippen LogP contribution in [0.4, 0.5) is 0 Å². The lowest BCUT2D eigenvalue weighted by atomic mass is 9.80. The Bertz CT molecular complexity index is 535. The molecule has 0 spiro atoms. The summed E-state index contributed by atoms with van der Waals surface area (Å²) in [4.78, 5) is 4.34. The second-order valence-electron chi connectivity index (χ2n) is 5.88. The molecule has 2 aromatic rings. The molecule has 0 amide bonds. The summed E-state index contributed by atoms with van der Waals surface area (Å²) in [5.41, 5.74) is 1.24. The van der Waals surface area contributed by atoms with Crippen LogP contribution in [0.3, 0.4) is 0 Å². The second kappa shape index (κ2) is 7.41. The van der Waals surface area contributed by atoms with Crippen molar-refractivity contribution >= 4 is 0 Å². The molecular weight excluding hydrogens is 260 g/mol. The highest BCUT2D eigenvalue weighted by Crippen LogP contribution is 2.32. The lowest BCUT2D eigenvalue weighted by Crippen LogP contribution is -2.25. The van der Waals surface area contributed by atoms with Crippen LogP contribution in [0, 0.1) is 5.92 Å².